The Morgan fingerprint density at radius 2 is 2.14 bits per heavy atom. The number of aryl methyl sites for hydroxylation is 2. The summed E-state index contributed by atoms with van der Waals surface area (Å²) in [6, 6.07) is 7.16. The van der Waals surface area contributed by atoms with E-state index in [9.17, 15) is 8.42 Å². The minimum atomic E-state index is -3.07. The van der Waals surface area contributed by atoms with Gasteiger partial charge in [0.2, 0.25) is 10.0 Å². The maximum atomic E-state index is 11.8. The lowest BCUT2D eigenvalue weighted by Crippen LogP contribution is -2.41. The molecule has 1 N–H and O–H groups in total. The second kappa shape index (κ2) is 5.71. The van der Waals surface area contributed by atoms with Gasteiger partial charge in [0.15, 0.2) is 0 Å². The molecule has 1 heterocycles. The summed E-state index contributed by atoms with van der Waals surface area (Å²) < 4.78 is 25.2. The Balaban J connectivity index is 1.66. The van der Waals surface area contributed by atoms with E-state index in [1.54, 1.807) is 4.31 Å². The summed E-state index contributed by atoms with van der Waals surface area (Å²) in [6.07, 6.45) is 5.49. The molecule has 2 aliphatic rings. The fraction of sp³-hybridized carbons (Fsp3) is 0.625. The van der Waals surface area contributed by atoms with Gasteiger partial charge in [0.1, 0.15) is 0 Å². The third-order valence-corrected chi connectivity index (χ3v) is 6.06. The summed E-state index contributed by atoms with van der Waals surface area (Å²) in [5.41, 5.74) is 4.13. The fourth-order valence-corrected chi connectivity index (χ4v) is 4.84. The number of sulfonamides is 1. The van der Waals surface area contributed by atoms with Crippen molar-refractivity contribution >= 4 is 10.0 Å². The number of hydrogen-bond acceptors (Lipinski definition) is 3. The second-order valence-electron chi connectivity index (χ2n) is 6.37. The SMILES string of the molecule is Cc1ccc2c(c1)[C@@H](NC[C@H]1CCCN1S(C)(=O)=O)CC2. The van der Waals surface area contributed by atoms with Crippen LogP contribution in [-0.2, 0) is 16.4 Å². The van der Waals surface area contributed by atoms with Crippen LogP contribution < -0.4 is 5.32 Å². The van der Waals surface area contributed by atoms with E-state index in [1.165, 1.54) is 22.9 Å². The Morgan fingerprint density at radius 3 is 2.90 bits per heavy atom. The smallest absolute Gasteiger partial charge is 0.211 e. The van der Waals surface area contributed by atoms with Crippen molar-refractivity contribution in [1.82, 2.24) is 9.62 Å². The van der Waals surface area contributed by atoms with Gasteiger partial charge in [0.05, 0.1) is 6.26 Å². The van der Waals surface area contributed by atoms with Gasteiger partial charge in [-0.25, -0.2) is 8.42 Å². The molecule has 1 saturated heterocycles. The molecule has 5 heteroatoms. The highest BCUT2D eigenvalue weighted by molar-refractivity contribution is 7.88. The molecule has 0 saturated carbocycles. The first-order chi connectivity index (χ1) is 9.95. The van der Waals surface area contributed by atoms with Crippen molar-refractivity contribution in [3.05, 3.63) is 34.9 Å². The Morgan fingerprint density at radius 1 is 1.33 bits per heavy atom. The molecule has 1 aliphatic heterocycles. The average Bonchev–Trinajstić information content (AvgIpc) is 3.01. The molecular formula is C16H24N2O2S. The largest absolute Gasteiger partial charge is 0.308 e. The molecule has 21 heavy (non-hydrogen) atoms. The standard InChI is InChI=1S/C16H24N2O2S/c1-12-5-6-13-7-8-16(15(13)10-12)17-11-14-4-3-9-18(14)21(2,19)20/h5-6,10,14,16-17H,3-4,7-9,11H2,1-2H3/t14-,16+/m1/s1. The summed E-state index contributed by atoms with van der Waals surface area (Å²) >= 11 is 0. The van der Waals surface area contributed by atoms with E-state index in [2.05, 4.69) is 30.4 Å². The molecule has 0 spiro atoms. The summed E-state index contributed by atoms with van der Waals surface area (Å²) in [5.74, 6) is 0. The molecule has 0 radical (unpaired) electrons. The van der Waals surface area contributed by atoms with E-state index in [1.807, 2.05) is 0 Å². The maximum Gasteiger partial charge on any atom is 0.211 e. The van der Waals surface area contributed by atoms with E-state index >= 15 is 0 Å². The second-order valence-corrected chi connectivity index (χ2v) is 8.31. The summed E-state index contributed by atoms with van der Waals surface area (Å²) in [4.78, 5) is 0. The quantitative estimate of drug-likeness (QED) is 0.925. The lowest BCUT2D eigenvalue weighted by Gasteiger charge is -2.24. The zero-order chi connectivity index (χ0) is 15.0. The predicted octanol–water partition coefficient (Wildman–Crippen LogP) is 2.00. The van der Waals surface area contributed by atoms with Crippen molar-refractivity contribution in [3.8, 4) is 0 Å². The van der Waals surface area contributed by atoms with E-state index in [0.717, 1.165) is 32.2 Å². The van der Waals surface area contributed by atoms with Gasteiger partial charge >= 0.3 is 0 Å². The normalized spacial score (nSPS) is 26.2. The highest BCUT2D eigenvalue weighted by Gasteiger charge is 2.32. The fourth-order valence-electron chi connectivity index (χ4n) is 3.66. The van der Waals surface area contributed by atoms with Gasteiger partial charge in [-0.1, -0.05) is 23.8 Å². The first-order valence-electron chi connectivity index (χ1n) is 7.75. The van der Waals surface area contributed by atoms with Gasteiger partial charge in [0.25, 0.3) is 0 Å². The Hall–Kier alpha value is -0.910. The predicted molar refractivity (Wildman–Crippen MR) is 84.8 cm³/mol. The molecule has 1 aromatic rings. The number of fused-ring (bicyclic) bond motifs is 1. The highest BCUT2D eigenvalue weighted by atomic mass is 32.2. The van der Waals surface area contributed by atoms with Gasteiger partial charge in [0, 0.05) is 25.2 Å². The van der Waals surface area contributed by atoms with Crippen LogP contribution >= 0.6 is 0 Å². The summed E-state index contributed by atoms with van der Waals surface area (Å²) in [7, 11) is -3.07. The van der Waals surface area contributed by atoms with Crippen LogP contribution in [0.2, 0.25) is 0 Å². The third-order valence-electron chi connectivity index (χ3n) is 4.73. The van der Waals surface area contributed by atoms with Crippen molar-refractivity contribution in [2.45, 2.75) is 44.7 Å². The molecule has 2 atom stereocenters. The summed E-state index contributed by atoms with van der Waals surface area (Å²) in [5, 5.41) is 3.60. The van der Waals surface area contributed by atoms with E-state index in [0.29, 0.717) is 12.6 Å². The minimum absolute atomic E-state index is 0.119. The van der Waals surface area contributed by atoms with Crippen molar-refractivity contribution in [2.75, 3.05) is 19.3 Å². The Bertz CT molecular complexity index is 627. The summed E-state index contributed by atoms with van der Waals surface area (Å²) in [6.45, 7) is 3.55. The number of benzene rings is 1. The molecule has 0 unspecified atom stereocenters. The van der Waals surface area contributed by atoms with Crippen molar-refractivity contribution in [1.29, 1.82) is 0 Å². The molecule has 4 nitrogen and oxygen atoms in total. The Kier molecular flexibility index (Phi) is 4.08. The molecule has 1 aliphatic carbocycles. The molecule has 1 aromatic carbocycles. The maximum absolute atomic E-state index is 11.8. The molecule has 0 bridgehead atoms. The molecular weight excluding hydrogens is 284 g/mol. The lowest BCUT2D eigenvalue weighted by molar-refractivity contribution is 0.358. The molecule has 1 fully saturated rings. The Labute approximate surface area is 127 Å². The minimum Gasteiger partial charge on any atom is -0.308 e. The monoisotopic (exact) mass is 308 g/mol. The van der Waals surface area contributed by atoms with Gasteiger partial charge < -0.3 is 5.32 Å². The number of hydrogen-bond donors (Lipinski definition) is 1. The number of rotatable bonds is 4. The van der Waals surface area contributed by atoms with E-state index in [4.69, 9.17) is 0 Å². The van der Waals surface area contributed by atoms with E-state index in [-0.39, 0.29) is 6.04 Å². The van der Waals surface area contributed by atoms with Gasteiger partial charge in [-0.2, -0.15) is 4.31 Å². The zero-order valence-electron chi connectivity index (χ0n) is 12.8. The van der Waals surface area contributed by atoms with Crippen LogP contribution in [-0.4, -0.2) is 38.1 Å². The number of nitrogens with one attached hydrogen (secondary N) is 1. The van der Waals surface area contributed by atoms with Crippen LogP contribution in [0.15, 0.2) is 18.2 Å². The van der Waals surface area contributed by atoms with Crippen LogP contribution in [0.25, 0.3) is 0 Å². The van der Waals surface area contributed by atoms with Crippen LogP contribution in [0.4, 0.5) is 0 Å². The van der Waals surface area contributed by atoms with Crippen molar-refractivity contribution in [2.24, 2.45) is 0 Å². The van der Waals surface area contributed by atoms with Crippen LogP contribution in [0.3, 0.4) is 0 Å². The molecule has 116 valence electrons. The molecule has 0 aromatic heterocycles. The third kappa shape index (κ3) is 3.15. The molecule has 0 amide bonds. The highest BCUT2D eigenvalue weighted by Crippen LogP contribution is 2.32. The van der Waals surface area contributed by atoms with E-state index < -0.39 is 10.0 Å². The lowest BCUT2D eigenvalue weighted by atomic mass is 10.0. The molecule has 3 rings (SSSR count). The zero-order valence-corrected chi connectivity index (χ0v) is 13.6. The van der Waals surface area contributed by atoms with Crippen LogP contribution in [0.5, 0.6) is 0 Å². The first-order valence-corrected chi connectivity index (χ1v) is 9.59. The van der Waals surface area contributed by atoms with Crippen molar-refractivity contribution in [3.63, 3.8) is 0 Å². The van der Waals surface area contributed by atoms with Gasteiger partial charge in [-0.15, -0.1) is 0 Å². The first kappa shape index (κ1) is 15.0. The van der Waals surface area contributed by atoms with Crippen LogP contribution in [0, 0.1) is 6.92 Å². The topological polar surface area (TPSA) is 49.4 Å². The average molecular weight is 308 g/mol. The van der Waals surface area contributed by atoms with Gasteiger partial charge in [-0.05, 0) is 43.7 Å². The van der Waals surface area contributed by atoms with Gasteiger partial charge in [-0.3, -0.25) is 0 Å². The van der Waals surface area contributed by atoms with Crippen molar-refractivity contribution < 1.29 is 8.42 Å². The van der Waals surface area contributed by atoms with Crippen LogP contribution in [0.1, 0.15) is 42.0 Å². The number of nitrogens with zero attached hydrogens (tertiary/aromatic N) is 1.